The molecule has 0 saturated carbocycles. The zero-order valence-corrected chi connectivity index (χ0v) is 15.6. The van der Waals surface area contributed by atoms with Crippen molar-refractivity contribution in [3.63, 3.8) is 0 Å². The molecule has 0 bridgehead atoms. The Morgan fingerprint density at radius 3 is 1.30 bits per heavy atom. The maximum Gasteiger partial charge on any atom is 0.144 e. The molecule has 4 aromatic carbocycles. The highest BCUT2D eigenvalue weighted by Crippen LogP contribution is 2.54. The molecule has 3 heteroatoms. The topological polar surface area (TPSA) is 43.3 Å². The third-order valence-corrected chi connectivity index (χ3v) is 9.03. The van der Waals surface area contributed by atoms with Crippen LogP contribution < -0.4 is 26.3 Å². The van der Waals surface area contributed by atoms with Gasteiger partial charge in [-0.05, 0) is 42.5 Å². The maximum atomic E-state index is 11.9. The molecular formula is C24H19O2P. The fourth-order valence-corrected chi connectivity index (χ4v) is 7.82. The number of benzene rings is 4. The first kappa shape index (κ1) is 17.3. The molecule has 0 unspecified atom stereocenters. The normalized spacial score (nSPS) is 11.3. The molecule has 0 aromatic heterocycles. The SMILES string of the molecule is [O-]c1ccc([P+](c2ccccc2)(c2ccccc2)c2ccccc2)cc1O. The van der Waals surface area contributed by atoms with Crippen molar-refractivity contribution in [1.29, 1.82) is 0 Å². The largest absolute Gasteiger partial charge is 0.870 e. The lowest BCUT2D eigenvalue weighted by Gasteiger charge is -2.28. The van der Waals surface area contributed by atoms with Gasteiger partial charge in [0.05, 0.1) is 0 Å². The predicted octanol–water partition coefficient (Wildman–Crippen LogP) is 3.09. The van der Waals surface area contributed by atoms with Gasteiger partial charge >= 0.3 is 0 Å². The molecule has 132 valence electrons. The second-order valence-electron chi connectivity index (χ2n) is 6.33. The molecule has 0 heterocycles. The molecule has 2 nitrogen and oxygen atoms in total. The standard InChI is InChI=1S/C24H19O2P/c25-23-17-16-22(18-24(23)26)27(19-10-4-1-5-11-19,20-12-6-2-7-13-20)21-14-8-3-9-15-21/h1-18H,(H-,25,26). The Kier molecular flexibility index (Phi) is 4.66. The Balaban J connectivity index is 2.14. The Labute approximate surface area is 159 Å². The molecule has 0 amide bonds. The summed E-state index contributed by atoms with van der Waals surface area (Å²) in [6.07, 6.45) is 0. The van der Waals surface area contributed by atoms with Gasteiger partial charge in [0, 0.05) is 6.07 Å². The van der Waals surface area contributed by atoms with E-state index in [2.05, 4.69) is 36.4 Å². The molecule has 0 atom stereocenters. The summed E-state index contributed by atoms with van der Waals surface area (Å²) in [6, 6.07) is 36.0. The minimum absolute atomic E-state index is 0.209. The highest BCUT2D eigenvalue weighted by Gasteiger charge is 2.47. The Bertz CT molecular complexity index is 935. The molecule has 1 N–H and O–H groups in total. The van der Waals surface area contributed by atoms with Crippen molar-refractivity contribution in [3.05, 3.63) is 109 Å². The third-order valence-electron chi connectivity index (χ3n) is 4.76. The van der Waals surface area contributed by atoms with Crippen molar-refractivity contribution < 1.29 is 10.2 Å². The first-order valence-electron chi connectivity index (χ1n) is 8.79. The zero-order valence-electron chi connectivity index (χ0n) is 14.7. The minimum atomic E-state index is -2.25. The summed E-state index contributed by atoms with van der Waals surface area (Å²) in [5.74, 6) is -0.564. The van der Waals surface area contributed by atoms with Crippen molar-refractivity contribution in [2.75, 3.05) is 0 Å². The zero-order chi connectivity index (χ0) is 18.7. The fraction of sp³-hybridized carbons (Fsp3) is 0. The van der Waals surface area contributed by atoms with Gasteiger partial charge in [-0.15, -0.1) is 0 Å². The van der Waals surface area contributed by atoms with E-state index in [9.17, 15) is 10.2 Å². The molecule has 0 aliphatic carbocycles. The van der Waals surface area contributed by atoms with Crippen molar-refractivity contribution in [2.45, 2.75) is 0 Å². The molecule has 0 radical (unpaired) electrons. The van der Waals surface area contributed by atoms with Crippen LogP contribution in [0.25, 0.3) is 0 Å². The molecular weight excluding hydrogens is 351 g/mol. The number of phenolic OH excluding ortho intramolecular Hbond substituents is 1. The van der Waals surface area contributed by atoms with E-state index in [4.69, 9.17) is 0 Å². The lowest BCUT2D eigenvalue weighted by Crippen LogP contribution is -2.38. The number of aromatic hydroxyl groups is 1. The molecule has 0 spiro atoms. The minimum Gasteiger partial charge on any atom is -0.870 e. The first-order chi connectivity index (χ1) is 13.2. The van der Waals surface area contributed by atoms with Crippen LogP contribution in [0.2, 0.25) is 0 Å². The monoisotopic (exact) mass is 370 g/mol. The maximum absolute atomic E-state index is 11.9. The van der Waals surface area contributed by atoms with Crippen LogP contribution in [0.4, 0.5) is 0 Å². The Morgan fingerprint density at radius 2 is 0.926 bits per heavy atom. The molecule has 4 aromatic rings. The number of hydrogen-bond acceptors (Lipinski definition) is 2. The number of hydrogen-bond donors (Lipinski definition) is 1. The van der Waals surface area contributed by atoms with E-state index in [0.717, 1.165) is 5.30 Å². The van der Waals surface area contributed by atoms with Crippen molar-refractivity contribution in [2.24, 2.45) is 0 Å². The van der Waals surface area contributed by atoms with Gasteiger partial charge in [-0.3, -0.25) is 0 Å². The summed E-state index contributed by atoms with van der Waals surface area (Å²) < 4.78 is 0. The van der Waals surface area contributed by atoms with Gasteiger partial charge < -0.3 is 10.2 Å². The Morgan fingerprint density at radius 1 is 0.519 bits per heavy atom. The Hall–Kier alpha value is -3.09. The van der Waals surface area contributed by atoms with Crippen LogP contribution in [0.3, 0.4) is 0 Å². The smallest absolute Gasteiger partial charge is 0.144 e. The molecule has 0 saturated heterocycles. The number of phenols is 1. The summed E-state index contributed by atoms with van der Waals surface area (Å²) in [4.78, 5) is 0. The van der Waals surface area contributed by atoms with E-state index in [-0.39, 0.29) is 11.5 Å². The van der Waals surface area contributed by atoms with Gasteiger partial charge in [-0.2, -0.15) is 0 Å². The third kappa shape index (κ3) is 2.99. The highest BCUT2D eigenvalue weighted by molar-refractivity contribution is 8.01. The molecule has 27 heavy (non-hydrogen) atoms. The summed E-state index contributed by atoms with van der Waals surface area (Å²) in [7, 11) is -2.25. The quantitative estimate of drug-likeness (QED) is 0.561. The fourth-order valence-electron chi connectivity index (χ4n) is 3.56. The van der Waals surface area contributed by atoms with Crippen molar-refractivity contribution in [1.82, 2.24) is 0 Å². The van der Waals surface area contributed by atoms with Crippen molar-refractivity contribution >= 4 is 28.5 Å². The summed E-state index contributed by atoms with van der Waals surface area (Å²) in [6.45, 7) is 0. The van der Waals surface area contributed by atoms with Gasteiger partial charge in [-0.1, -0.05) is 66.4 Å². The van der Waals surface area contributed by atoms with Crippen LogP contribution in [0, 0.1) is 0 Å². The predicted molar refractivity (Wildman–Crippen MR) is 112 cm³/mol. The van der Waals surface area contributed by atoms with Crippen LogP contribution in [0.15, 0.2) is 109 Å². The van der Waals surface area contributed by atoms with E-state index < -0.39 is 7.26 Å². The van der Waals surface area contributed by atoms with Gasteiger partial charge in [0.15, 0.2) is 0 Å². The first-order valence-corrected chi connectivity index (χ1v) is 10.6. The van der Waals surface area contributed by atoms with Gasteiger partial charge in [-0.25, -0.2) is 0 Å². The van der Waals surface area contributed by atoms with Crippen LogP contribution in [-0.4, -0.2) is 5.11 Å². The second kappa shape index (κ2) is 7.26. The van der Waals surface area contributed by atoms with E-state index >= 15 is 0 Å². The van der Waals surface area contributed by atoms with Crippen molar-refractivity contribution in [3.8, 4) is 11.5 Å². The summed E-state index contributed by atoms with van der Waals surface area (Å²) >= 11 is 0. The highest BCUT2D eigenvalue weighted by atomic mass is 31.2. The van der Waals surface area contributed by atoms with E-state index in [1.165, 1.54) is 22.0 Å². The van der Waals surface area contributed by atoms with Crippen LogP contribution in [0.5, 0.6) is 11.5 Å². The molecule has 4 rings (SSSR count). The van der Waals surface area contributed by atoms with E-state index in [1.54, 1.807) is 6.07 Å². The van der Waals surface area contributed by atoms with E-state index in [1.807, 2.05) is 60.7 Å². The average Bonchev–Trinajstić information content (AvgIpc) is 2.74. The average molecular weight is 370 g/mol. The van der Waals surface area contributed by atoms with Crippen LogP contribution >= 0.6 is 7.26 Å². The summed E-state index contributed by atoms with van der Waals surface area (Å²) in [5, 5.41) is 26.6. The molecule has 0 fully saturated rings. The van der Waals surface area contributed by atoms with Crippen LogP contribution in [0.1, 0.15) is 0 Å². The van der Waals surface area contributed by atoms with E-state index in [0.29, 0.717) is 0 Å². The molecule has 0 aliphatic rings. The lowest BCUT2D eigenvalue weighted by atomic mass is 10.3. The number of rotatable bonds is 4. The van der Waals surface area contributed by atoms with Crippen LogP contribution in [-0.2, 0) is 0 Å². The lowest BCUT2D eigenvalue weighted by molar-refractivity contribution is -0.270. The van der Waals surface area contributed by atoms with Gasteiger partial charge in [0.1, 0.15) is 34.2 Å². The van der Waals surface area contributed by atoms with Gasteiger partial charge in [0.25, 0.3) is 0 Å². The molecule has 0 aliphatic heterocycles. The van der Waals surface area contributed by atoms with Gasteiger partial charge in [0.2, 0.25) is 0 Å². The summed E-state index contributed by atoms with van der Waals surface area (Å²) in [5.41, 5.74) is 0. The second-order valence-corrected chi connectivity index (χ2v) is 9.74.